The summed E-state index contributed by atoms with van der Waals surface area (Å²) in [6, 6.07) is 0. The average molecular weight is 350 g/mol. The summed E-state index contributed by atoms with van der Waals surface area (Å²) in [5, 5.41) is 1.14. The predicted octanol–water partition coefficient (Wildman–Crippen LogP) is 4.45. The second kappa shape index (κ2) is 6.22. The first-order valence-corrected chi connectivity index (χ1v) is 10.0. The third kappa shape index (κ3) is 2.48. The monoisotopic (exact) mass is 350 g/mol. The zero-order valence-corrected chi connectivity index (χ0v) is 15.7. The number of rotatable bonds is 3. The van der Waals surface area contributed by atoms with E-state index < -0.39 is 0 Å². The molecule has 3 aromatic heterocycles. The highest BCUT2D eigenvalue weighted by Crippen LogP contribution is 2.39. The van der Waals surface area contributed by atoms with Crippen molar-refractivity contribution in [1.82, 2.24) is 15.0 Å². The second-order valence-electron chi connectivity index (χ2n) is 8.17. The topological polar surface area (TPSA) is 55.1 Å². The molecule has 0 radical (unpaired) electrons. The number of piperidine rings is 1. The van der Waals surface area contributed by atoms with Crippen molar-refractivity contribution in [2.24, 2.45) is 5.92 Å². The molecule has 2 aliphatic rings. The van der Waals surface area contributed by atoms with Crippen LogP contribution in [0, 0.1) is 5.92 Å². The highest BCUT2D eigenvalue weighted by Gasteiger charge is 2.27. The van der Waals surface area contributed by atoms with Gasteiger partial charge in [0.2, 0.25) is 5.71 Å². The summed E-state index contributed by atoms with van der Waals surface area (Å²) in [5.74, 6) is 1.54. The van der Waals surface area contributed by atoms with Gasteiger partial charge >= 0.3 is 0 Å². The molecule has 5 heteroatoms. The van der Waals surface area contributed by atoms with E-state index in [-0.39, 0.29) is 0 Å². The molecule has 1 aliphatic carbocycles. The molecule has 1 aliphatic heterocycles. The Kier molecular flexibility index (Phi) is 3.84. The van der Waals surface area contributed by atoms with E-state index in [0.717, 1.165) is 60.4 Å². The summed E-state index contributed by atoms with van der Waals surface area (Å²) in [4.78, 5) is 16.5. The van der Waals surface area contributed by atoms with Crippen molar-refractivity contribution in [3.63, 3.8) is 0 Å². The van der Waals surface area contributed by atoms with Crippen molar-refractivity contribution in [3.8, 4) is 0 Å². The number of furan rings is 1. The fourth-order valence-electron chi connectivity index (χ4n) is 4.65. The summed E-state index contributed by atoms with van der Waals surface area (Å²) in [6.45, 7) is 6.61. The summed E-state index contributed by atoms with van der Waals surface area (Å²) in [7, 11) is 0. The number of hydrogen-bond acceptors (Lipinski definition) is 5. The maximum Gasteiger partial charge on any atom is 0.229 e. The van der Waals surface area contributed by atoms with E-state index in [4.69, 9.17) is 9.40 Å². The summed E-state index contributed by atoms with van der Waals surface area (Å²) < 4.78 is 6.31. The Morgan fingerprint density at radius 1 is 1.04 bits per heavy atom. The van der Waals surface area contributed by atoms with Crippen molar-refractivity contribution in [3.05, 3.63) is 23.1 Å². The van der Waals surface area contributed by atoms with Gasteiger partial charge in [0.25, 0.3) is 0 Å². The molecule has 1 saturated heterocycles. The highest BCUT2D eigenvalue weighted by molar-refractivity contribution is 6.06. The van der Waals surface area contributed by atoms with Crippen LogP contribution in [0.5, 0.6) is 0 Å². The van der Waals surface area contributed by atoms with Crippen molar-refractivity contribution >= 4 is 28.0 Å². The van der Waals surface area contributed by atoms with Crippen molar-refractivity contribution in [1.29, 1.82) is 0 Å². The molecular formula is C21H26N4O. The molecule has 136 valence electrons. The molecule has 1 fully saturated rings. The first kappa shape index (κ1) is 16.0. The van der Waals surface area contributed by atoms with Crippen molar-refractivity contribution in [2.45, 2.75) is 58.8 Å². The number of hydrogen-bond donors (Lipinski definition) is 0. The van der Waals surface area contributed by atoms with E-state index in [1.165, 1.54) is 42.5 Å². The molecule has 0 N–H and O–H groups in total. The molecule has 0 spiro atoms. The van der Waals surface area contributed by atoms with Gasteiger partial charge in [-0.05, 0) is 62.0 Å². The van der Waals surface area contributed by atoms with E-state index in [1.807, 2.05) is 0 Å². The first-order valence-electron chi connectivity index (χ1n) is 10.0. The summed E-state index contributed by atoms with van der Waals surface area (Å²) in [5.41, 5.74) is 6.64. The lowest BCUT2D eigenvalue weighted by atomic mass is 9.99. The van der Waals surface area contributed by atoms with Gasteiger partial charge in [-0.15, -0.1) is 0 Å². The van der Waals surface area contributed by atoms with Crippen LogP contribution in [0.2, 0.25) is 0 Å². The maximum atomic E-state index is 6.31. The van der Waals surface area contributed by atoms with Gasteiger partial charge in [-0.3, -0.25) is 0 Å². The standard InChI is InChI=1S/C21H26N4O/c1-13(2)11-16-14-7-6-8-15(14)17-18-19(26-21(17)24-16)20(23-12-22-18)25-9-4-3-5-10-25/h12-13H,3-11H2,1-2H3. The third-order valence-electron chi connectivity index (χ3n) is 5.80. The number of aryl methyl sites for hydroxylation is 1. The van der Waals surface area contributed by atoms with Crippen LogP contribution >= 0.6 is 0 Å². The molecule has 4 heterocycles. The predicted molar refractivity (Wildman–Crippen MR) is 104 cm³/mol. The van der Waals surface area contributed by atoms with Crippen LogP contribution < -0.4 is 4.90 Å². The zero-order chi connectivity index (χ0) is 17.7. The van der Waals surface area contributed by atoms with Crippen LogP contribution in [0.1, 0.15) is 56.4 Å². The van der Waals surface area contributed by atoms with Gasteiger partial charge in [0.05, 0.1) is 5.39 Å². The van der Waals surface area contributed by atoms with Crippen LogP contribution in [0.4, 0.5) is 5.82 Å². The Morgan fingerprint density at radius 2 is 1.85 bits per heavy atom. The normalized spacial score (nSPS) is 17.6. The molecule has 5 rings (SSSR count). The summed E-state index contributed by atoms with van der Waals surface area (Å²) in [6.07, 6.45) is 9.91. The lowest BCUT2D eigenvalue weighted by molar-refractivity contribution is 0.567. The van der Waals surface area contributed by atoms with Crippen LogP contribution in [-0.2, 0) is 19.3 Å². The van der Waals surface area contributed by atoms with E-state index in [1.54, 1.807) is 6.33 Å². The second-order valence-corrected chi connectivity index (χ2v) is 8.17. The Morgan fingerprint density at radius 3 is 2.65 bits per heavy atom. The molecule has 26 heavy (non-hydrogen) atoms. The van der Waals surface area contributed by atoms with Crippen LogP contribution in [0.25, 0.3) is 22.2 Å². The van der Waals surface area contributed by atoms with Crippen LogP contribution in [-0.4, -0.2) is 28.0 Å². The van der Waals surface area contributed by atoms with Gasteiger partial charge in [0, 0.05) is 18.8 Å². The lowest BCUT2D eigenvalue weighted by Crippen LogP contribution is -2.30. The van der Waals surface area contributed by atoms with E-state index >= 15 is 0 Å². The SMILES string of the molecule is CC(C)Cc1nc2oc3c(N4CCCCC4)ncnc3c2c2c1CCC2. The quantitative estimate of drug-likeness (QED) is 0.698. The molecule has 0 saturated carbocycles. The Bertz CT molecular complexity index is 969. The van der Waals surface area contributed by atoms with Gasteiger partial charge in [-0.1, -0.05) is 13.8 Å². The number of pyridine rings is 1. The highest BCUT2D eigenvalue weighted by atomic mass is 16.3. The molecule has 0 amide bonds. The van der Waals surface area contributed by atoms with Gasteiger partial charge in [-0.25, -0.2) is 15.0 Å². The molecule has 5 nitrogen and oxygen atoms in total. The van der Waals surface area contributed by atoms with Gasteiger partial charge in [0.1, 0.15) is 11.8 Å². The van der Waals surface area contributed by atoms with Gasteiger partial charge < -0.3 is 9.32 Å². The minimum Gasteiger partial charge on any atom is -0.432 e. The minimum absolute atomic E-state index is 0.595. The zero-order valence-electron chi connectivity index (χ0n) is 15.7. The Balaban J connectivity index is 1.74. The molecule has 0 bridgehead atoms. The third-order valence-corrected chi connectivity index (χ3v) is 5.80. The molecule has 0 unspecified atom stereocenters. The number of anilines is 1. The average Bonchev–Trinajstić information content (AvgIpc) is 3.25. The van der Waals surface area contributed by atoms with Crippen LogP contribution in [0.3, 0.4) is 0 Å². The molecular weight excluding hydrogens is 324 g/mol. The van der Waals surface area contributed by atoms with Gasteiger partial charge in [-0.2, -0.15) is 0 Å². The van der Waals surface area contributed by atoms with Crippen molar-refractivity contribution in [2.75, 3.05) is 18.0 Å². The Hall–Kier alpha value is -2.17. The number of nitrogens with zero attached hydrogens (tertiary/aromatic N) is 4. The molecule has 0 aromatic carbocycles. The van der Waals surface area contributed by atoms with E-state index in [0.29, 0.717) is 5.92 Å². The lowest BCUT2D eigenvalue weighted by Gasteiger charge is -2.27. The molecule has 0 atom stereocenters. The van der Waals surface area contributed by atoms with E-state index in [9.17, 15) is 0 Å². The molecule has 3 aromatic rings. The largest absolute Gasteiger partial charge is 0.432 e. The van der Waals surface area contributed by atoms with Crippen molar-refractivity contribution < 1.29 is 4.42 Å². The minimum atomic E-state index is 0.595. The summed E-state index contributed by atoms with van der Waals surface area (Å²) >= 11 is 0. The number of aromatic nitrogens is 3. The first-order chi connectivity index (χ1) is 12.7. The fraction of sp³-hybridized carbons (Fsp3) is 0.571. The maximum absolute atomic E-state index is 6.31. The van der Waals surface area contributed by atoms with E-state index in [2.05, 4.69) is 28.7 Å². The number of fused-ring (bicyclic) bond motifs is 5. The Labute approximate surface area is 153 Å². The fourth-order valence-corrected chi connectivity index (χ4v) is 4.65. The smallest absolute Gasteiger partial charge is 0.229 e. The van der Waals surface area contributed by atoms with Crippen LogP contribution in [0.15, 0.2) is 10.7 Å². The van der Waals surface area contributed by atoms with Gasteiger partial charge in [0.15, 0.2) is 11.4 Å².